The van der Waals surface area contributed by atoms with Crippen LogP contribution in [0, 0.1) is 0 Å². The lowest BCUT2D eigenvalue weighted by molar-refractivity contribution is 0.302. The molecular weight excluding hydrogens is 270 g/mol. The van der Waals surface area contributed by atoms with E-state index in [1.807, 2.05) is 31.2 Å². The molecule has 0 saturated carbocycles. The minimum Gasteiger partial charge on any atom is -0.494 e. The summed E-state index contributed by atoms with van der Waals surface area (Å²) in [4.78, 5) is 2.58. The van der Waals surface area contributed by atoms with E-state index in [1.54, 1.807) is 11.3 Å². The minimum absolute atomic E-state index is 0.604. The number of hydrogen-bond donors (Lipinski definition) is 1. The molecule has 0 fully saturated rings. The number of rotatable bonds is 8. The van der Waals surface area contributed by atoms with Gasteiger partial charge in [0.2, 0.25) is 0 Å². The molecule has 0 aliphatic heterocycles. The first-order valence-corrected chi connectivity index (χ1v) is 7.77. The highest BCUT2D eigenvalue weighted by atomic mass is 32.1. The maximum atomic E-state index is 5.81. The standard InChI is InChI=1S/C16H21NO2S/c1-3-17-11-15-8-9-16(20-15)12-19-14-7-5-6-13(10-14)18-4-2/h5-10,17H,3-4,11-12H2,1-2H3. The Hall–Kier alpha value is -1.52. The van der Waals surface area contributed by atoms with Crippen LogP contribution in [0.4, 0.5) is 0 Å². The first-order valence-electron chi connectivity index (χ1n) is 6.95. The van der Waals surface area contributed by atoms with Crippen molar-refractivity contribution in [1.29, 1.82) is 0 Å². The zero-order valence-corrected chi connectivity index (χ0v) is 12.8. The van der Waals surface area contributed by atoms with Gasteiger partial charge in [0.1, 0.15) is 18.1 Å². The highest BCUT2D eigenvalue weighted by molar-refractivity contribution is 7.11. The predicted molar refractivity (Wildman–Crippen MR) is 83.6 cm³/mol. The maximum Gasteiger partial charge on any atom is 0.123 e. The first kappa shape index (κ1) is 14.9. The maximum absolute atomic E-state index is 5.81. The molecule has 2 aromatic rings. The van der Waals surface area contributed by atoms with Gasteiger partial charge in [-0.05, 0) is 37.7 Å². The van der Waals surface area contributed by atoms with Crippen LogP contribution in [0.2, 0.25) is 0 Å². The minimum atomic E-state index is 0.604. The lowest BCUT2D eigenvalue weighted by Crippen LogP contribution is -2.10. The van der Waals surface area contributed by atoms with Crippen LogP contribution >= 0.6 is 11.3 Å². The van der Waals surface area contributed by atoms with E-state index in [0.717, 1.165) is 24.6 Å². The summed E-state index contributed by atoms with van der Waals surface area (Å²) in [5.41, 5.74) is 0. The fourth-order valence-corrected chi connectivity index (χ4v) is 2.72. The van der Waals surface area contributed by atoms with Crippen LogP contribution in [-0.2, 0) is 13.2 Å². The molecular formula is C16H21NO2S. The van der Waals surface area contributed by atoms with Crippen LogP contribution in [0.5, 0.6) is 11.5 Å². The molecule has 2 rings (SSSR count). The van der Waals surface area contributed by atoms with Gasteiger partial charge in [0.25, 0.3) is 0 Å². The molecule has 4 heteroatoms. The van der Waals surface area contributed by atoms with Gasteiger partial charge >= 0.3 is 0 Å². The van der Waals surface area contributed by atoms with Crippen molar-refractivity contribution in [3.8, 4) is 11.5 Å². The molecule has 0 amide bonds. The summed E-state index contributed by atoms with van der Waals surface area (Å²) in [7, 11) is 0. The van der Waals surface area contributed by atoms with Crippen LogP contribution in [0.3, 0.4) is 0 Å². The van der Waals surface area contributed by atoms with Gasteiger partial charge in [0.05, 0.1) is 6.61 Å². The normalized spacial score (nSPS) is 10.5. The quantitative estimate of drug-likeness (QED) is 0.801. The van der Waals surface area contributed by atoms with Gasteiger partial charge in [-0.15, -0.1) is 11.3 Å². The smallest absolute Gasteiger partial charge is 0.123 e. The predicted octanol–water partition coefficient (Wildman–Crippen LogP) is 3.84. The Balaban J connectivity index is 1.88. The molecule has 1 aromatic carbocycles. The van der Waals surface area contributed by atoms with E-state index in [0.29, 0.717) is 13.2 Å². The third-order valence-electron chi connectivity index (χ3n) is 2.76. The van der Waals surface area contributed by atoms with Crippen LogP contribution in [0.1, 0.15) is 23.6 Å². The molecule has 3 nitrogen and oxygen atoms in total. The van der Waals surface area contributed by atoms with Gasteiger partial charge in [-0.1, -0.05) is 13.0 Å². The second-order valence-electron chi connectivity index (χ2n) is 4.34. The number of hydrogen-bond acceptors (Lipinski definition) is 4. The molecule has 0 unspecified atom stereocenters. The summed E-state index contributed by atoms with van der Waals surface area (Å²) < 4.78 is 11.3. The molecule has 1 heterocycles. The summed E-state index contributed by atoms with van der Waals surface area (Å²) >= 11 is 1.79. The first-order chi connectivity index (χ1) is 9.81. The Bertz CT molecular complexity index is 525. The topological polar surface area (TPSA) is 30.5 Å². The van der Waals surface area contributed by atoms with Crippen molar-refractivity contribution in [2.45, 2.75) is 27.0 Å². The highest BCUT2D eigenvalue weighted by Gasteiger charge is 2.02. The third kappa shape index (κ3) is 4.54. The average molecular weight is 291 g/mol. The zero-order chi connectivity index (χ0) is 14.2. The Kier molecular flexibility index (Phi) is 5.89. The van der Waals surface area contributed by atoms with Crippen molar-refractivity contribution in [3.05, 3.63) is 46.2 Å². The van der Waals surface area contributed by atoms with E-state index in [1.165, 1.54) is 9.75 Å². The molecule has 0 saturated heterocycles. The van der Waals surface area contributed by atoms with Gasteiger partial charge in [0, 0.05) is 22.4 Å². The van der Waals surface area contributed by atoms with Crippen molar-refractivity contribution in [2.75, 3.05) is 13.2 Å². The second kappa shape index (κ2) is 7.92. The van der Waals surface area contributed by atoms with Crippen molar-refractivity contribution in [2.24, 2.45) is 0 Å². The van der Waals surface area contributed by atoms with Crippen molar-refractivity contribution in [3.63, 3.8) is 0 Å². The van der Waals surface area contributed by atoms with E-state index in [9.17, 15) is 0 Å². The summed E-state index contributed by atoms with van der Waals surface area (Å²) in [5.74, 6) is 1.70. The summed E-state index contributed by atoms with van der Waals surface area (Å²) in [6.45, 7) is 7.29. The van der Waals surface area contributed by atoms with E-state index in [-0.39, 0.29) is 0 Å². The van der Waals surface area contributed by atoms with Gasteiger partial charge in [0.15, 0.2) is 0 Å². The summed E-state index contributed by atoms with van der Waals surface area (Å²) in [6, 6.07) is 12.1. The van der Waals surface area contributed by atoms with Crippen molar-refractivity contribution >= 4 is 11.3 Å². The number of thiophene rings is 1. The monoisotopic (exact) mass is 291 g/mol. The third-order valence-corrected chi connectivity index (χ3v) is 3.82. The van der Waals surface area contributed by atoms with Crippen LogP contribution < -0.4 is 14.8 Å². The van der Waals surface area contributed by atoms with Crippen LogP contribution in [0.15, 0.2) is 36.4 Å². The van der Waals surface area contributed by atoms with Crippen molar-refractivity contribution < 1.29 is 9.47 Å². The molecule has 0 aliphatic rings. The van der Waals surface area contributed by atoms with Gasteiger partial charge < -0.3 is 14.8 Å². The zero-order valence-electron chi connectivity index (χ0n) is 12.0. The van der Waals surface area contributed by atoms with Gasteiger partial charge in [-0.25, -0.2) is 0 Å². The summed E-state index contributed by atoms with van der Waals surface area (Å²) in [6.07, 6.45) is 0. The van der Waals surface area contributed by atoms with E-state index in [4.69, 9.17) is 9.47 Å². The lowest BCUT2D eigenvalue weighted by atomic mass is 10.3. The van der Waals surface area contributed by atoms with E-state index >= 15 is 0 Å². The molecule has 0 aliphatic carbocycles. The molecule has 1 aromatic heterocycles. The number of ether oxygens (including phenoxy) is 2. The number of benzene rings is 1. The molecule has 0 spiro atoms. The van der Waals surface area contributed by atoms with Crippen molar-refractivity contribution in [1.82, 2.24) is 5.32 Å². The van der Waals surface area contributed by atoms with E-state index < -0.39 is 0 Å². The Morgan fingerprint density at radius 3 is 2.50 bits per heavy atom. The highest BCUT2D eigenvalue weighted by Crippen LogP contribution is 2.22. The Morgan fingerprint density at radius 1 is 1.00 bits per heavy atom. The van der Waals surface area contributed by atoms with Crippen LogP contribution in [0.25, 0.3) is 0 Å². The average Bonchev–Trinajstić information content (AvgIpc) is 2.92. The number of nitrogens with one attached hydrogen (secondary N) is 1. The Morgan fingerprint density at radius 2 is 1.75 bits per heavy atom. The summed E-state index contributed by atoms with van der Waals surface area (Å²) in [5, 5.41) is 3.33. The van der Waals surface area contributed by atoms with Crippen LogP contribution in [-0.4, -0.2) is 13.2 Å². The SMILES string of the molecule is CCNCc1ccc(COc2cccc(OCC)c2)s1. The molecule has 108 valence electrons. The Labute approximate surface area is 124 Å². The fraction of sp³-hybridized carbons (Fsp3) is 0.375. The molecule has 20 heavy (non-hydrogen) atoms. The van der Waals surface area contributed by atoms with E-state index in [2.05, 4.69) is 24.4 Å². The van der Waals surface area contributed by atoms with Gasteiger partial charge in [-0.3, -0.25) is 0 Å². The molecule has 0 atom stereocenters. The molecule has 0 radical (unpaired) electrons. The molecule has 0 bridgehead atoms. The van der Waals surface area contributed by atoms with Gasteiger partial charge in [-0.2, -0.15) is 0 Å². The second-order valence-corrected chi connectivity index (χ2v) is 5.60. The largest absolute Gasteiger partial charge is 0.494 e. The lowest BCUT2D eigenvalue weighted by Gasteiger charge is -2.07. The fourth-order valence-electron chi connectivity index (χ4n) is 1.82. The molecule has 1 N–H and O–H groups in total.